The molecule has 4 nitrogen and oxygen atoms in total. The molecule has 6 heteroatoms. The van der Waals surface area contributed by atoms with Crippen molar-refractivity contribution in [1.29, 1.82) is 0 Å². The van der Waals surface area contributed by atoms with Crippen molar-refractivity contribution in [2.24, 2.45) is 0 Å². The molecule has 0 aliphatic carbocycles. The van der Waals surface area contributed by atoms with Gasteiger partial charge < -0.3 is 5.32 Å². The maximum absolute atomic E-state index is 13.4. The maximum atomic E-state index is 13.4. The number of anilines is 1. The van der Waals surface area contributed by atoms with Crippen molar-refractivity contribution < 1.29 is 18.4 Å². The number of carbonyl (C=O) groups is 2. The predicted octanol–water partition coefficient (Wildman–Crippen LogP) is 1.52. The Labute approximate surface area is 103 Å². The molecule has 0 spiro atoms. The number of amides is 2. The molecule has 1 atom stereocenters. The number of carbonyl (C=O) groups excluding carboxylic acids is 2. The number of likely N-dealkylation sites (tertiary alicyclic amines) is 1. The molecule has 1 aromatic rings. The predicted molar refractivity (Wildman–Crippen MR) is 60.8 cm³/mol. The minimum Gasteiger partial charge on any atom is -0.368 e. The molecule has 96 valence electrons. The second-order valence-corrected chi connectivity index (χ2v) is 3.97. The van der Waals surface area contributed by atoms with Crippen molar-refractivity contribution in [2.45, 2.75) is 19.4 Å². The number of likely N-dealkylation sites (N-methyl/N-ethyl adjacent to an activating group) is 1. The number of halogens is 2. The van der Waals surface area contributed by atoms with E-state index in [-0.39, 0.29) is 24.6 Å². The van der Waals surface area contributed by atoms with Gasteiger partial charge in [-0.05, 0) is 19.1 Å². The molecule has 1 aliphatic rings. The van der Waals surface area contributed by atoms with Gasteiger partial charge in [0, 0.05) is 6.54 Å². The highest BCUT2D eigenvalue weighted by molar-refractivity contribution is 6.06. The molecular weight excluding hydrogens is 242 g/mol. The molecule has 0 radical (unpaired) electrons. The van der Waals surface area contributed by atoms with Crippen LogP contribution in [-0.2, 0) is 9.59 Å². The Morgan fingerprint density at radius 3 is 2.44 bits per heavy atom. The quantitative estimate of drug-likeness (QED) is 0.832. The fourth-order valence-electron chi connectivity index (χ4n) is 1.94. The van der Waals surface area contributed by atoms with E-state index < -0.39 is 23.6 Å². The van der Waals surface area contributed by atoms with Gasteiger partial charge in [-0.1, -0.05) is 6.07 Å². The summed E-state index contributed by atoms with van der Waals surface area (Å²) in [5.41, 5.74) is -0.374. The highest BCUT2D eigenvalue weighted by Gasteiger charge is 2.38. The summed E-state index contributed by atoms with van der Waals surface area (Å²) in [5.74, 6) is -2.36. The van der Waals surface area contributed by atoms with Crippen molar-refractivity contribution in [1.82, 2.24) is 4.90 Å². The SMILES string of the molecule is CCN1C(=O)CC(Nc2c(F)cccc2F)C1=O. The van der Waals surface area contributed by atoms with E-state index in [2.05, 4.69) is 5.32 Å². The molecule has 2 amide bonds. The Bertz CT molecular complexity index is 485. The van der Waals surface area contributed by atoms with E-state index in [9.17, 15) is 18.4 Å². The number of benzene rings is 1. The molecule has 1 unspecified atom stereocenters. The van der Waals surface area contributed by atoms with Crippen LogP contribution in [0.1, 0.15) is 13.3 Å². The number of rotatable bonds is 3. The number of hydrogen-bond acceptors (Lipinski definition) is 3. The van der Waals surface area contributed by atoms with E-state index >= 15 is 0 Å². The monoisotopic (exact) mass is 254 g/mol. The van der Waals surface area contributed by atoms with Gasteiger partial charge in [-0.3, -0.25) is 14.5 Å². The molecule has 1 N–H and O–H groups in total. The van der Waals surface area contributed by atoms with Gasteiger partial charge in [0.2, 0.25) is 5.91 Å². The van der Waals surface area contributed by atoms with Gasteiger partial charge in [0.25, 0.3) is 5.91 Å². The van der Waals surface area contributed by atoms with Crippen LogP contribution in [0.4, 0.5) is 14.5 Å². The topological polar surface area (TPSA) is 49.4 Å². The largest absolute Gasteiger partial charge is 0.368 e. The van der Waals surface area contributed by atoms with E-state index in [1.165, 1.54) is 6.07 Å². The van der Waals surface area contributed by atoms with Crippen molar-refractivity contribution >= 4 is 17.5 Å². The molecule has 18 heavy (non-hydrogen) atoms. The molecule has 1 aromatic carbocycles. The van der Waals surface area contributed by atoms with E-state index in [0.717, 1.165) is 17.0 Å². The van der Waals surface area contributed by atoms with Crippen LogP contribution >= 0.6 is 0 Å². The van der Waals surface area contributed by atoms with Crippen molar-refractivity contribution in [2.75, 3.05) is 11.9 Å². The Balaban J connectivity index is 2.21. The van der Waals surface area contributed by atoms with Crippen LogP contribution in [0.2, 0.25) is 0 Å². The third-order valence-corrected chi connectivity index (χ3v) is 2.84. The number of hydrogen-bond donors (Lipinski definition) is 1. The van der Waals surface area contributed by atoms with Gasteiger partial charge in [-0.15, -0.1) is 0 Å². The van der Waals surface area contributed by atoms with Gasteiger partial charge in [0.15, 0.2) is 0 Å². The van der Waals surface area contributed by atoms with Crippen LogP contribution in [0.25, 0.3) is 0 Å². The van der Waals surface area contributed by atoms with Crippen molar-refractivity contribution in [3.8, 4) is 0 Å². The van der Waals surface area contributed by atoms with Gasteiger partial charge in [0.1, 0.15) is 23.4 Å². The normalized spacial score (nSPS) is 19.5. The molecular formula is C12H12F2N2O2. The van der Waals surface area contributed by atoms with Crippen LogP contribution in [-0.4, -0.2) is 29.3 Å². The summed E-state index contributed by atoms with van der Waals surface area (Å²) in [7, 11) is 0. The molecule has 1 heterocycles. The lowest BCUT2D eigenvalue weighted by atomic mass is 10.2. The number of para-hydroxylation sites is 1. The van der Waals surface area contributed by atoms with Gasteiger partial charge in [-0.2, -0.15) is 0 Å². The smallest absolute Gasteiger partial charge is 0.252 e. The number of nitrogens with one attached hydrogen (secondary N) is 1. The lowest BCUT2D eigenvalue weighted by molar-refractivity contribution is -0.138. The minimum atomic E-state index is -0.899. The fourth-order valence-corrected chi connectivity index (χ4v) is 1.94. The van der Waals surface area contributed by atoms with E-state index in [1.54, 1.807) is 6.92 Å². The third kappa shape index (κ3) is 2.05. The Morgan fingerprint density at radius 2 is 1.94 bits per heavy atom. The zero-order valence-electron chi connectivity index (χ0n) is 9.74. The molecule has 0 saturated carbocycles. The summed E-state index contributed by atoms with van der Waals surface area (Å²) in [6, 6.07) is 2.51. The molecule has 0 aromatic heterocycles. The van der Waals surface area contributed by atoms with Crippen LogP contribution in [0.15, 0.2) is 18.2 Å². The lowest BCUT2D eigenvalue weighted by Gasteiger charge is -2.14. The first kappa shape index (κ1) is 12.5. The zero-order valence-corrected chi connectivity index (χ0v) is 9.74. The molecule has 2 rings (SSSR count). The number of nitrogens with zero attached hydrogens (tertiary/aromatic N) is 1. The molecule has 1 aliphatic heterocycles. The average Bonchev–Trinajstić information content (AvgIpc) is 2.59. The molecule has 1 fully saturated rings. The Hall–Kier alpha value is -1.98. The Morgan fingerprint density at radius 1 is 1.33 bits per heavy atom. The standard InChI is InChI=1S/C12H12F2N2O2/c1-2-16-10(17)6-9(12(16)18)15-11-7(13)4-3-5-8(11)14/h3-5,9,15H,2,6H2,1H3. The van der Waals surface area contributed by atoms with Crippen LogP contribution in [0, 0.1) is 11.6 Å². The summed E-state index contributed by atoms with van der Waals surface area (Å²) >= 11 is 0. The molecule has 0 bridgehead atoms. The van der Waals surface area contributed by atoms with Crippen molar-refractivity contribution in [3.63, 3.8) is 0 Å². The first-order valence-electron chi connectivity index (χ1n) is 5.59. The van der Waals surface area contributed by atoms with E-state index in [1.807, 2.05) is 0 Å². The summed E-state index contributed by atoms with van der Waals surface area (Å²) in [6.07, 6.45) is -0.0829. The van der Waals surface area contributed by atoms with Crippen molar-refractivity contribution in [3.05, 3.63) is 29.8 Å². The van der Waals surface area contributed by atoms with E-state index in [0.29, 0.717) is 0 Å². The van der Waals surface area contributed by atoms with Crippen LogP contribution in [0.3, 0.4) is 0 Å². The maximum Gasteiger partial charge on any atom is 0.252 e. The summed E-state index contributed by atoms with van der Waals surface area (Å²) in [4.78, 5) is 24.3. The minimum absolute atomic E-state index is 0.0829. The lowest BCUT2D eigenvalue weighted by Crippen LogP contribution is -2.34. The summed E-state index contributed by atoms with van der Waals surface area (Å²) in [6.45, 7) is 1.93. The highest BCUT2D eigenvalue weighted by atomic mass is 19.1. The first-order valence-corrected chi connectivity index (χ1v) is 5.59. The van der Waals surface area contributed by atoms with Crippen LogP contribution in [0.5, 0.6) is 0 Å². The van der Waals surface area contributed by atoms with Crippen LogP contribution < -0.4 is 5.32 Å². The molecule has 1 saturated heterocycles. The Kier molecular flexibility index (Phi) is 3.27. The fraction of sp³-hybridized carbons (Fsp3) is 0.333. The zero-order chi connectivity index (χ0) is 13.3. The average molecular weight is 254 g/mol. The van der Waals surface area contributed by atoms with E-state index in [4.69, 9.17) is 0 Å². The highest BCUT2D eigenvalue weighted by Crippen LogP contribution is 2.23. The third-order valence-electron chi connectivity index (χ3n) is 2.84. The summed E-state index contributed by atoms with van der Waals surface area (Å²) < 4.78 is 26.8. The first-order chi connectivity index (χ1) is 8.54. The second-order valence-electron chi connectivity index (χ2n) is 3.97. The number of imide groups is 1. The van der Waals surface area contributed by atoms with Gasteiger partial charge in [-0.25, -0.2) is 8.78 Å². The summed E-state index contributed by atoms with van der Waals surface area (Å²) in [5, 5.41) is 2.46. The van der Waals surface area contributed by atoms with Gasteiger partial charge >= 0.3 is 0 Å². The van der Waals surface area contributed by atoms with Gasteiger partial charge in [0.05, 0.1) is 6.42 Å². The second kappa shape index (κ2) is 4.72.